The number of primary amides is 1. The van der Waals surface area contributed by atoms with Crippen molar-refractivity contribution in [3.8, 4) is 17.1 Å². The molecule has 0 unspecified atom stereocenters. The third-order valence-electron chi connectivity index (χ3n) is 5.05. The van der Waals surface area contributed by atoms with E-state index in [1.165, 1.54) is 0 Å². The number of amides is 2. The molecule has 0 saturated carbocycles. The largest absolute Gasteiger partial charge is 0.463 e. The highest BCUT2D eigenvalue weighted by molar-refractivity contribution is 7.80. The lowest BCUT2D eigenvalue weighted by Gasteiger charge is -2.19. The number of hydrogen-bond acceptors (Lipinski definition) is 7. The third-order valence-corrected chi connectivity index (χ3v) is 5.52. The van der Waals surface area contributed by atoms with E-state index in [1.54, 1.807) is 31.2 Å². The second-order valence-electron chi connectivity index (χ2n) is 7.78. The van der Waals surface area contributed by atoms with Gasteiger partial charge in [-0.2, -0.15) is 12.6 Å². The number of anilines is 1. The van der Waals surface area contributed by atoms with Crippen LogP contribution in [-0.2, 0) is 11.3 Å². The van der Waals surface area contributed by atoms with Crippen molar-refractivity contribution >= 4 is 30.1 Å². The summed E-state index contributed by atoms with van der Waals surface area (Å²) < 4.78 is 5.97. The summed E-state index contributed by atoms with van der Waals surface area (Å²) in [4.78, 5) is 28.7. The number of pyridine rings is 1. The Labute approximate surface area is 204 Å². The predicted octanol–water partition coefficient (Wildman–Crippen LogP) is 2.60. The summed E-state index contributed by atoms with van der Waals surface area (Å²) in [6, 6.07) is 20.1. The van der Waals surface area contributed by atoms with Crippen LogP contribution in [0.5, 0.6) is 5.88 Å². The number of thiol groups is 1. The van der Waals surface area contributed by atoms with Crippen LogP contribution < -0.4 is 26.8 Å². The Morgan fingerprint density at radius 3 is 2.56 bits per heavy atom. The fourth-order valence-corrected chi connectivity index (χ4v) is 3.26. The van der Waals surface area contributed by atoms with E-state index in [4.69, 9.17) is 16.2 Å². The minimum absolute atomic E-state index is 0.151. The number of nitrogens with zero attached hydrogens (tertiary/aromatic N) is 1. The van der Waals surface area contributed by atoms with Crippen LogP contribution in [0.25, 0.3) is 11.3 Å². The van der Waals surface area contributed by atoms with Crippen molar-refractivity contribution in [2.45, 2.75) is 25.6 Å². The molecule has 8 nitrogen and oxygen atoms in total. The van der Waals surface area contributed by atoms with Gasteiger partial charge in [0.25, 0.3) is 5.91 Å². The van der Waals surface area contributed by atoms with Crippen molar-refractivity contribution < 1.29 is 14.3 Å². The first-order valence-electron chi connectivity index (χ1n) is 10.9. The maximum absolute atomic E-state index is 12.7. The van der Waals surface area contributed by atoms with Crippen molar-refractivity contribution in [2.75, 3.05) is 17.6 Å². The fraction of sp³-hybridized carbons (Fsp3) is 0.240. The zero-order valence-corrected chi connectivity index (χ0v) is 19.8. The Balaban J connectivity index is 1.73. The number of benzene rings is 2. The molecule has 9 heteroatoms. The lowest BCUT2D eigenvalue weighted by atomic mass is 10.1. The van der Waals surface area contributed by atoms with Gasteiger partial charge < -0.3 is 26.8 Å². The highest BCUT2D eigenvalue weighted by Gasteiger charge is 2.19. The lowest BCUT2D eigenvalue weighted by Crippen LogP contribution is -2.36. The van der Waals surface area contributed by atoms with Gasteiger partial charge in [-0.1, -0.05) is 42.5 Å². The van der Waals surface area contributed by atoms with Gasteiger partial charge in [0.2, 0.25) is 11.8 Å². The number of carbonyl (C=O) groups excluding carboxylic acids is 2. The third kappa shape index (κ3) is 6.97. The first kappa shape index (κ1) is 25.1. The van der Waals surface area contributed by atoms with E-state index in [2.05, 4.69) is 28.2 Å². The molecule has 1 heterocycles. The summed E-state index contributed by atoms with van der Waals surface area (Å²) in [5.74, 6) is -0.0264. The second kappa shape index (κ2) is 12.1. The maximum atomic E-state index is 12.7. The van der Waals surface area contributed by atoms with Gasteiger partial charge in [0.1, 0.15) is 0 Å². The summed E-state index contributed by atoms with van der Waals surface area (Å²) in [7, 11) is 0. The number of rotatable bonds is 11. The molecule has 3 aromatic rings. The average molecular weight is 480 g/mol. The summed E-state index contributed by atoms with van der Waals surface area (Å²) in [5, 5.41) is 6.04. The van der Waals surface area contributed by atoms with Gasteiger partial charge in [0.15, 0.2) is 6.10 Å². The first-order chi connectivity index (χ1) is 16.4. The molecule has 2 amide bonds. The van der Waals surface area contributed by atoms with Crippen molar-refractivity contribution in [1.82, 2.24) is 10.3 Å². The Morgan fingerprint density at radius 2 is 1.85 bits per heavy atom. The summed E-state index contributed by atoms with van der Waals surface area (Å²) in [6.07, 6.45) is -0.822. The molecule has 2 atom stereocenters. The molecule has 0 fully saturated rings. The quantitative estimate of drug-likeness (QED) is 0.269. The van der Waals surface area contributed by atoms with E-state index in [0.29, 0.717) is 29.4 Å². The SMILES string of the molecule is C[C@@H](Oc1nc(-c2ccccc2)ccc1NC[C@@H](N)CS)C(=O)NCc1cccc(C(N)=O)c1. The predicted molar refractivity (Wildman–Crippen MR) is 137 cm³/mol. The van der Waals surface area contributed by atoms with Gasteiger partial charge in [0.05, 0.1) is 11.4 Å². The minimum atomic E-state index is -0.822. The minimum Gasteiger partial charge on any atom is -0.463 e. The molecule has 0 spiro atoms. The highest BCUT2D eigenvalue weighted by Crippen LogP contribution is 2.28. The number of nitrogens with two attached hydrogens (primary N) is 2. The Hall–Kier alpha value is -3.56. The van der Waals surface area contributed by atoms with E-state index >= 15 is 0 Å². The molecule has 2 aromatic carbocycles. The molecule has 0 saturated heterocycles. The van der Waals surface area contributed by atoms with Crippen LogP contribution in [0.3, 0.4) is 0 Å². The van der Waals surface area contributed by atoms with Crippen LogP contribution in [0.1, 0.15) is 22.8 Å². The van der Waals surface area contributed by atoms with Crippen LogP contribution in [0.2, 0.25) is 0 Å². The van der Waals surface area contributed by atoms with E-state index in [1.807, 2.05) is 42.5 Å². The standard InChI is InChI=1S/C25H29N5O3S/c1-16(24(32)29-13-17-6-5-9-19(12-17)23(27)31)33-25-22(28-14-20(26)15-34)11-10-21(30-25)18-7-3-2-4-8-18/h2-12,16,20,28,34H,13-15,26H2,1H3,(H2,27,31)(H,29,32)/t16-,20-/m1/s1. The first-order valence-corrected chi connectivity index (χ1v) is 11.5. The molecule has 3 rings (SSSR count). The topological polar surface area (TPSA) is 132 Å². The molecule has 0 radical (unpaired) electrons. The molecule has 0 aliphatic carbocycles. The zero-order chi connectivity index (χ0) is 24.5. The average Bonchev–Trinajstić information content (AvgIpc) is 2.86. The molecule has 34 heavy (non-hydrogen) atoms. The summed E-state index contributed by atoms with van der Waals surface area (Å²) in [6.45, 7) is 2.35. The maximum Gasteiger partial charge on any atom is 0.261 e. The zero-order valence-electron chi connectivity index (χ0n) is 18.9. The van der Waals surface area contributed by atoms with E-state index in [0.717, 1.165) is 16.8 Å². The molecular formula is C25H29N5O3S. The lowest BCUT2D eigenvalue weighted by molar-refractivity contribution is -0.127. The van der Waals surface area contributed by atoms with Gasteiger partial charge in [-0.15, -0.1) is 0 Å². The van der Waals surface area contributed by atoms with Crippen molar-refractivity contribution in [3.63, 3.8) is 0 Å². The van der Waals surface area contributed by atoms with Gasteiger partial charge in [-0.3, -0.25) is 9.59 Å². The number of aromatic nitrogens is 1. The molecule has 0 aliphatic heterocycles. The van der Waals surface area contributed by atoms with Crippen LogP contribution in [0.4, 0.5) is 5.69 Å². The number of ether oxygens (including phenoxy) is 1. The van der Waals surface area contributed by atoms with Crippen LogP contribution >= 0.6 is 12.6 Å². The van der Waals surface area contributed by atoms with Gasteiger partial charge >= 0.3 is 0 Å². The normalized spacial score (nSPS) is 12.4. The van der Waals surface area contributed by atoms with Gasteiger partial charge in [-0.05, 0) is 36.8 Å². The van der Waals surface area contributed by atoms with Crippen LogP contribution in [0.15, 0.2) is 66.7 Å². The summed E-state index contributed by atoms with van der Waals surface area (Å²) in [5.41, 5.74) is 14.7. The van der Waals surface area contributed by atoms with E-state index in [-0.39, 0.29) is 18.5 Å². The molecule has 6 N–H and O–H groups in total. The van der Waals surface area contributed by atoms with Crippen molar-refractivity contribution in [1.29, 1.82) is 0 Å². The monoisotopic (exact) mass is 479 g/mol. The van der Waals surface area contributed by atoms with Crippen LogP contribution in [-0.4, -0.2) is 41.2 Å². The highest BCUT2D eigenvalue weighted by atomic mass is 32.1. The fourth-order valence-electron chi connectivity index (χ4n) is 3.13. The van der Waals surface area contributed by atoms with Crippen molar-refractivity contribution in [2.24, 2.45) is 11.5 Å². The van der Waals surface area contributed by atoms with Gasteiger partial charge in [-0.25, -0.2) is 4.98 Å². The Bertz CT molecular complexity index is 1130. The molecular weight excluding hydrogens is 450 g/mol. The van der Waals surface area contributed by atoms with Crippen molar-refractivity contribution in [3.05, 3.63) is 77.9 Å². The Morgan fingerprint density at radius 1 is 1.09 bits per heavy atom. The van der Waals surface area contributed by atoms with E-state index in [9.17, 15) is 9.59 Å². The van der Waals surface area contributed by atoms with E-state index < -0.39 is 12.0 Å². The molecule has 1 aromatic heterocycles. The Kier molecular flexibility index (Phi) is 8.89. The summed E-state index contributed by atoms with van der Waals surface area (Å²) >= 11 is 4.21. The number of nitrogens with one attached hydrogen (secondary N) is 2. The van der Waals surface area contributed by atoms with Crippen LogP contribution in [0, 0.1) is 0 Å². The van der Waals surface area contributed by atoms with Gasteiger partial charge in [0, 0.05) is 36.0 Å². The second-order valence-corrected chi connectivity index (χ2v) is 8.15. The molecule has 0 bridgehead atoms. The number of hydrogen-bond donors (Lipinski definition) is 5. The number of carbonyl (C=O) groups is 2. The smallest absolute Gasteiger partial charge is 0.261 e. The molecule has 178 valence electrons. The molecule has 0 aliphatic rings.